The van der Waals surface area contributed by atoms with Gasteiger partial charge < -0.3 is 20.4 Å². The van der Waals surface area contributed by atoms with Gasteiger partial charge >= 0.3 is 0 Å². The lowest BCUT2D eigenvalue weighted by Gasteiger charge is -2.15. The number of nitrogens with two attached hydrogens (primary N) is 1. The minimum atomic E-state index is -0.232. The summed E-state index contributed by atoms with van der Waals surface area (Å²) in [5.41, 5.74) is 8.22. The van der Waals surface area contributed by atoms with E-state index in [0.29, 0.717) is 40.5 Å². The highest BCUT2D eigenvalue weighted by molar-refractivity contribution is 6.32. The molecule has 136 valence electrons. The van der Waals surface area contributed by atoms with Gasteiger partial charge in [0.05, 0.1) is 16.1 Å². The molecule has 0 saturated carbocycles. The molecule has 8 heteroatoms. The van der Waals surface area contributed by atoms with Crippen LogP contribution in [0.4, 0.5) is 5.82 Å². The molecule has 0 unspecified atom stereocenters. The normalized spacial score (nSPS) is 11.2. The van der Waals surface area contributed by atoms with Gasteiger partial charge in [0.1, 0.15) is 28.6 Å². The number of phenolic OH excluding ortho intramolecular Hbond substituents is 1. The number of nitrogens with one attached hydrogen (secondary N) is 1. The lowest BCUT2D eigenvalue weighted by Crippen LogP contribution is -2.18. The highest BCUT2D eigenvalue weighted by atomic mass is 35.5. The maximum atomic E-state index is 13.0. The molecule has 3 aromatic heterocycles. The van der Waals surface area contributed by atoms with Crippen molar-refractivity contribution in [3.05, 3.63) is 58.0 Å². The van der Waals surface area contributed by atoms with Gasteiger partial charge in [0, 0.05) is 24.5 Å². The van der Waals surface area contributed by atoms with Gasteiger partial charge in [-0.25, -0.2) is 9.97 Å². The number of pyridine rings is 2. The Kier molecular flexibility index (Phi) is 4.08. The third-order valence-corrected chi connectivity index (χ3v) is 4.75. The molecular weight excluding hydrogens is 366 g/mol. The number of rotatable bonds is 3. The summed E-state index contributed by atoms with van der Waals surface area (Å²) in [6.45, 7) is 2.46. The molecule has 1 aromatic carbocycles. The molecule has 0 radical (unpaired) electrons. The Morgan fingerprint density at radius 1 is 1.30 bits per heavy atom. The number of aromatic hydroxyl groups is 1. The zero-order chi connectivity index (χ0) is 19.1. The second-order valence-electron chi connectivity index (χ2n) is 6.01. The lowest BCUT2D eigenvalue weighted by molar-refractivity contribution is 0.475. The average Bonchev–Trinajstić information content (AvgIpc) is 3.18. The van der Waals surface area contributed by atoms with Crippen LogP contribution < -0.4 is 11.2 Å². The number of halogens is 1. The van der Waals surface area contributed by atoms with Gasteiger partial charge in [-0.2, -0.15) is 0 Å². The van der Waals surface area contributed by atoms with E-state index in [1.165, 1.54) is 6.07 Å². The van der Waals surface area contributed by atoms with Crippen molar-refractivity contribution >= 4 is 28.5 Å². The number of H-pyrrole nitrogens is 1. The van der Waals surface area contributed by atoms with Gasteiger partial charge in [-0.1, -0.05) is 11.6 Å². The van der Waals surface area contributed by atoms with Crippen LogP contribution in [0.1, 0.15) is 6.92 Å². The van der Waals surface area contributed by atoms with Crippen LogP contribution in [0.2, 0.25) is 5.02 Å². The fourth-order valence-corrected chi connectivity index (χ4v) is 3.29. The highest BCUT2D eigenvalue weighted by Crippen LogP contribution is 2.30. The first-order chi connectivity index (χ1) is 13.0. The van der Waals surface area contributed by atoms with Gasteiger partial charge in [-0.15, -0.1) is 0 Å². The van der Waals surface area contributed by atoms with E-state index >= 15 is 0 Å². The number of nitrogens with zero attached hydrogens (tertiary/aromatic N) is 3. The number of anilines is 1. The van der Waals surface area contributed by atoms with Gasteiger partial charge in [-0.3, -0.25) is 4.79 Å². The molecule has 27 heavy (non-hydrogen) atoms. The van der Waals surface area contributed by atoms with E-state index in [9.17, 15) is 9.90 Å². The Morgan fingerprint density at radius 2 is 2.11 bits per heavy atom. The number of fused-ring (bicyclic) bond motifs is 1. The van der Waals surface area contributed by atoms with E-state index < -0.39 is 0 Å². The summed E-state index contributed by atoms with van der Waals surface area (Å²) >= 11 is 6.01. The molecule has 0 spiro atoms. The van der Waals surface area contributed by atoms with Crippen molar-refractivity contribution in [2.75, 3.05) is 5.73 Å². The Bertz CT molecular complexity index is 1220. The number of aryl methyl sites for hydroxylation is 1. The maximum absolute atomic E-state index is 13.0. The van der Waals surface area contributed by atoms with Crippen molar-refractivity contribution in [1.29, 1.82) is 0 Å². The Hall–Kier alpha value is -3.32. The van der Waals surface area contributed by atoms with Crippen LogP contribution in [-0.4, -0.2) is 24.6 Å². The topological polar surface area (TPSA) is 110 Å². The van der Waals surface area contributed by atoms with Crippen molar-refractivity contribution in [1.82, 2.24) is 19.5 Å². The van der Waals surface area contributed by atoms with Crippen LogP contribution in [0.15, 0.2) is 47.5 Å². The second kappa shape index (κ2) is 6.44. The van der Waals surface area contributed by atoms with Gasteiger partial charge in [0.15, 0.2) is 0 Å². The number of aromatic nitrogens is 4. The fourth-order valence-electron chi connectivity index (χ4n) is 3.11. The Labute approximate surface area is 159 Å². The molecule has 4 rings (SSSR count). The van der Waals surface area contributed by atoms with Gasteiger partial charge in [0.2, 0.25) is 5.43 Å². The molecular formula is C19H16ClN5O2. The first-order valence-electron chi connectivity index (χ1n) is 8.33. The quantitative estimate of drug-likeness (QED) is 0.503. The van der Waals surface area contributed by atoms with E-state index in [1.54, 1.807) is 41.2 Å². The summed E-state index contributed by atoms with van der Waals surface area (Å²) in [5.74, 6) is 0.730. The highest BCUT2D eigenvalue weighted by Gasteiger charge is 2.19. The number of imidazole rings is 1. The number of nitrogen functional groups attached to an aromatic ring is 1. The summed E-state index contributed by atoms with van der Waals surface area (Å²) in [7, 11) is 0. The summed E-state index contributed by atoms with van der Waals surface area (Å²) in [5, 5.41) is 10.3. The number of hydrogen-bond donors (Lipinski definition) is 3. The number of phenols is 1. The zero-order valence-electron chi connectivity index (χ0n) is 14.4. The van der Waals surface area contributed by atoms with E-state index in [2.05, 4.69) is 15.0 Å². The largest absolute Gasteiger partial charge is 0.506 e. The molecule has 7 nitrogen and oxygen atoms in total. The predicted molar refractivity (Wildman–Crippen MR) is 106 cm³/mol. The molecule has 0 fully saturated rings. The molecule has 4 aromatic rings. The summed E-state index contributed by atoms with van der Waals surface area (Å²) in [4.78, 5) is 24.8. The van der Waals surface area contributed by atoms with Gasteiger partial charge in [-0.05, 0) is 37.3 Å². The first-order valence-corrected chi connectivity index (χ1v) is 8.70. The fraction of sp³-hybridized carbons (Fsp3) is 0.105. The molecule has 0 aliphatic rings. The second-order valence-corrected chi connectivity index (χ2v) is 6.41. The molecule has 0 atom stereocenters. The Balaban J connectivity index is 2.01. The molecule has 0 aliphatic carbocycles. The van der Waals surface area contributed by atoms with Gasteiger partial charge in [0.25, 0.3) is 0 Å². The predicted octanol–water partition coefficient (Wildman–Crippen LogP) is 3.41. The SMILES string of the molecule is CCn1c(N)c(-c2ncc[nH]2)c(=O)c2ccc(-c3ccc(O)c(Cl)c3)nc21. The van der Waals surface area contributed by atoms with Crippen LogP contribution in [0.5, 0.6) is 5.75 Å². The maximum Gasteiger partial charge on any atom is 0.204 e. The number of aromatic amines is 1. The van der Waals surface area contributed by atoms with E-state index in [1.807, 2.05) is 6.92 Å². The zero-order valence-corrected chi connectivity index (χ0v) is 15.2. The van der Waals surface area contributed by atoms with E-state index in [0.717, 1.165) is 5.56 Å². The summed E-state index contributed by atoms with van der Waals surface area (Å²) < 4.78 is 1.78. The lowest BCUT2D eigenvalue weighted by atomic mass is 10.1. The minimum Gasteiger partial charge on any atom is -0.506 e. The van der Waals surface area contributed by atoms with E-state index in [4.69, 9.17) is 17.3 Å². The standard InChI is InChI=1S/C19H16ClN5O2/c1-2-25-17(21)15(18-22-7-8-23-18)16(27)11-4-5-13(24-19(11)25)10-3-6-14(26)12(20)9-10/h3-9,26H,2,21H2,1H3,(H,22,23). The molecule has 0 bridgehead atoms. The Morgan fingerprint density at radius 3 is 2.78 bits per heavy atom. The number of benzene rings is 1. The first kappa shape index (κ1) is 17.1. The smallest absolute Gasteiger partial charge is 0.204 e. The van der Waals surface area contributed by atoms with Crippen molar-refractivity contribution in [2.45, 2.75) is 13.5 Å². The molecule has 0 aliphatic heterocycles. The van der Waals surface area contributed by atoms with Crippen molar-refractivity contribution in [2.24, 2.45) is 0 Å². The van der Waals surface area contributed by atoms with Crippen LogP contribution in [-0.2, 0) is 6.54 Å². The summed E-state index contributed by atoms with van der Waals surface area (Å²) in [6.07, 6.45) is 3.22. The van der Waals surface area contributed by atoms with Crippen molar-refractivity contribution in [3.8, 4) is 28.4 Å². The third kappa shape index (κ3) is 2.72. The number of hydrogen-bond acceptors (Lipinski definition) is 5. The van der Waals surface area contributed by atoms with Crippen LogP contribution in [0.3, 0.4) is 0 Å². The van der Waals surface area contributed by atoms with Crippen molar-refractivity contribution in [3.63, 3.8) is 0 Å². The van der Waals surface area contributed by atoms with Crippen molar-refractivity contribution < 1.29 is 5.11 Å². The molecule has 3 heterocycles. The molecule has 0 amide bonds. The molecule has 4 N–H and O–H groups in total. The molecule has 0 saturated heterocycles. The van der Waals surface area contributed by atoms with Crippen LogP contribution >= 0.6 is 11.6 Å². The summed E-state index contributed by atoms with van der Waals surface area (Å²) in [6, 6.07) is 8.31. The average molecular weight is 382 g/mol. The minimum absolute atomic E-state index is 0.000920. The monoisotopic (exact) mass is 381 g/mol. The van der Waals surface area contributed by atoms with Crippen LogP contribution in [0, 0.1) is 0 Å². The van der Waals surface area contributed by atoms with E-state index in [-0.39, 0.29) is 16.2 Å². The van der Waals surface area contributed by atoms with Crippen LogP contribution in [0.25, 0.3) is 33.7 Å². The third-order valence-electron chi connectivity index (χ3n) is 4.44.